The molecule has 0 spiro atoms. The van der Waals surface area contributed by atoms with Crippen LogP contribution in [0.2, 0.25) is 5.02 Å². The Morgan fingerprint density at radius 3 is 2.26 bits per heavy atom. The zero-order valence-electron chi connectivity index (χ0n) is 15.7. The predicted molar refractivity (Wildman–Crippen MR) is 101 cm³/mol. The lowest BCUT2D eigenvalue weighted by molar-refractivity contribution is -0.157. The topological polar surface area (TPSA) is 111 Å². The van der Waals surface area contributed by atoms with Gasteiger partial charge in [0.15, 0.2) is 6.10 Å². The van der Waals surface area contributed by atoms with Gasteiger partial charge in [-0.3, -0.25) is 9.59 Å². The highest BCUT2D eigenvalue weighted by Crippen LogP contribution is 2.16. The molecule has 8 nitrogen and oxygen atoms in total. The van der Waals surface area contributed by atoms with Crippen molar-refractivity contribution in [3.63, 3.8) is 0 Å². The molecular formula is C17H25ClN2O6S. The third-order valence-corrected chi connectivity index (χ3v) is 5.30. The Morgan fingerprint density at radius 1 is 1.15 bits per heavy atom. The van der Waals surface area contributed by atoms with E-state index in [1.807, 2.05) is 0 Å². The van der Waals surface area contributed by atoms with Gasteiger partial charge in [0.2, 0.25) is 10.0 Å². The van der Waals surface area contributed by atoms with Gasteiger partial charge in [-0.15, -0.1) is 0 Å². The van der Waals surface area contributed by atoms with Crippen molar-refractivity contribution in [2.75, 3.05) is 20.3 Å². The molecule has 152 valence electrons. The van der Waals surface area contributed by atoms with Crippen molar-refractivity contribution in [2.45, 2.75) is 37.8 Å². The Kier molecular flexibility index (Phi) is 9.17. The number of sulfonamides is 1. The number of esters is 1. The van der Waals surface area contributed by atoms with Gasteiger partial charge in [-0.05, 0) is 37.1 Å². The van der Waals surface area contributed by atoms with E-state index in [4.69, 9.17) is 21.1 Å². The van der Waals surface area contributed by atoms with Gasteiger partial charge in [0.1, 0.15) is 6.04 Å². The minimum Gasteiger partial charge on any atom is -0.451 e. The van der Waals surface area contributed by atoms with Crippen LogP contribution in [0.25, 0.3) is 0 Å². The molecule has 1 amide bonds. The van der Waals surface area contributed by atoms with Gasteiger partial charge in [0, 0.05) is 18.7 Å². The van der Waals surface area contributed by atoms with E-state index in [1.165, 1.54) is 38.3 Å². The fourth-order valence-electron chi connectivity index (χ4n) is 2.03. The summed E-state index contributed by atoms with van der Waals surface area (Å²) >= 11 is 5.77. The first-order chi connectivity index (χ1) is 12.6. The van der Waals surface area contributed by atoms with Crippen molar-refractivity contribution in [3.05, 3.63) is 29.3 Å². The van der Waals surface area contributed by atoms with Crippen LogP contribution in [0.3, 0.4) is 0 Å². The van der Waals surface area contributed by atoms with Gasteiger partial charge >= 0.3 is 5.97 Å². The van der Waals surface area contributed by atoms with E-state index >= 15 is 0 Å². The zero-order valence-corrected chi connectivity index (χ0v) is 17.3. The monoisotopic (exact) mass is 420 g/mol. The second-order valence-corrected chi connectivity index (χ2v) is 8.31. The molecule has 27 heavy (non-hydrogen) atoms. The molecule has 2 N–H and O–H groups in total. The number of hydrogen-bond donors (Lipinski definition) is 2. The number of ether oxygens (including phenoxy) is 2. The Balaban J connectivity index is 2.81. The Morgan fingerprint density at radius 2 is 1.74 bits per heavy atom. The van der Waals surface area contributed by atoms with Crippen LogP contribution < -0.4 is 10.0 Å². The Labute approximate surface area is 164 Å². The molecule has 0 aromatic heterocycles. The standard InChI is InChI=1S/C17H25ClN2O6S/c1-11(2)15(17(22)26-12(3)16(21)19-9-10-25-4)20-27(23,24)14-7-5-13(18)6-8-14/h5-8,11-12,15,20H,9-10H2,1-4H3,(H,19,21)/t12-,15-/m0/s1. The van der Waals surface area contributed by atoms with E-state index in [0.717, 1.165) is 0 Å². The van der Waals surface area contributed by atoms with Crippen molar-refractivity contribution in [3.8, 4) is 0 Å². The maximum absolute atomic E-state index is 12.5. The molecule has 1 aromatic carbocycles. The number of amides is 1. The summed E-state index contributed by atoms with van der Waals surface area (Å²) in [6, 6.07) is 4.38. The highest BCUT2D eigenvalue weighted by molar-refractivity contribution is 7.89. The van der Waals surface area contributed by atoms with Crippen molar-refractivity contribution in [2.24, 2.45) is 5.92 Å². The predicted octanol–water partition coefficient (Wildman–Crippen LogP) is 1.34. The summed E-state index contributed by atoms with van der Waals surface area (Å²) < 4.78 is 37.3. The number of carbonyl (C=O) groups is 2. The lowest BCUT2D eigenvalue weighted by atomic mass is 10.1. The molecule has 0 fully saturated rings. The SMILES string of the molecule is COCCNC(=O)[C@H](C)OC(=O)[C@@H](NS(=O)(=O)c1ccc(Cl)cc1)C(C)C. The summed E-state index contributed by atoms with van der Waals surface area (Å²) in [4.78, 5) is 24.3. The van der Waals surface area contributed by atoms with Crippen LogP contribution in [0.1, 0.15) is 20.8 Å². The van der Waals surface area contributed by atoms with Gasteiger partial charge in [0.05, 0.1) is 11.5 Å². The molecule has 1 aromatic rings. The molecule has 0 unspecified atom stereocenters. The number of methoxy groups -OCH3 is 1. The number of hydrogen-bond acceptors (Lipinski definition) is 6. The normalized spacial score (nSPS) is 13.9. The lowest BCUT2D eigenvalue weighted by Gasteiger charge is -2.23. The fourth-order valence-corrected chi connectivity index (χ4v) is 3.49. The van der Waals surface area contributed by atoms with E-state index < -0.39 is 40.0 Å². The van der Waals surface area contributed by atoms with Gasteiger partial charge in [0.25, 0.3) is 5.91 Å². The first-order valence-corrected chi connectivity index (χ1v) is 10.2. The van der Waals surface area contributed by atoms with E-state index in [-0.39, 0.29) is 11.4 Å². The summed E-state index contributed by atoms with van der Waals surface area (Å²) in [6.45, 7) is 5.33. The van der Waals surface area contributed by atoms with E-state index in [0.29, 0.717) is 11.6 Å². The van der Waals surface area contributed by atoms with Gasteiger partial charge in [-0.25, -0.2) is 8.42 Å². The third kappa shape index (κ3) is 7.45. The van der Waals surface area contributed by atoms with Crippen LogP contribution in [0.4, 0.5) is 0 Å². The second-order valence-electron chi connectivity index (χ2n) is 6.16. The van der Waals surface area contributed by atoms with Crippen molar-refractivity contribution in [1.29, 1.82) is 0 Å². The summed E-state index contributed by atoms with van der Waals surface area (Å²) in [5.41, 5.74) is 0. The largest absolute Gasteiger partial charge is 0.451 e. The molecule has 0 saturated carbocycles. The molecule has 0 aliphatic carbocycles. The summed E-state index contributed by atoms with van der Waals surface area (Å²) in [7, 11) is -2.47. The second kappa shape index (κ2) is 10.6. The van der Waals surface area contributed by atoms with Crippen LogP contribution in [0.15, 0.2) is 29.2 Å². The summed E-state index contributed by atoms with van der Waals surface area (Å²) in [5.74, 6) is -1.73. The van der Waals surface area contributed by atoms with Crippen molar-refractivity contribution in [1.82, 2.24) is 10.0 Å². The van der Waals surface area contributed by atoms with Crippen molar-refractivity contribution >= 4 is 33.5 Å². The molecule has 0 aliphatic rings. The van der Waals surface area contributed by atoms with E-state index in [9.17, 15) is 18.0 Å². The average Bonchev–Trinajstić information content (AvgIpc) is 2.59. The van der Waals surface area contributed by atoms with Crippen molar-refractivity contribution < 1.29 is 27.5 Å². The van der Waals surface area contributed by atoms with Gasteiger partial charge in [-0.2, -0.15) is 4.72 Å². The maximum atomic E-state index is 12.5. The zero-order chi connectivity index (χ0) is 20.6. The number of rotatable bonds is 10. The first kappa shape index (κ1) is 23.4. The van der Waals surface area contributed by atoms with Gasteiger partial charge in [-0.1, -0.05) is 25.4 Å². The number of benzene rings is 1. The van der Waals surface area contributed by atoms with Crippen LogP contribution in [0, 0.1) is 5.92 Å². The smallest absolute Gasteiger partial charge is 0.325 e. The van der Waals surface area contributed by atoms with Crippen LogP contribution in [-0.2, 0) is 29.1 Å². The number of nitrogens with one attached hydrogen (secondary N) is 2. The van der Waals surface area contributed by atoms with E-state index in [2.05, 4.69) is 10.0 Å². The molecule has 0 saturated heterocycles. The van der Waals surface area contributed by atoms with Gasteiger partial charge < -0.3 is 14.8 Å². The molecule has 10 heteroatoms. The molecule has 0 heterocycles. The maximum Gasteiger partial charge on any atom is 0.325 e. The molecule has 0 radical (unpaired) electrons. The number of carbonyl (C=O) groups excluding carboxylic acids is 2. The minimum absolute atomic E-state index is 0.0318. The minimum atomic E-state index is -3.97. The quantitative estimate of drug-likeness (QED) is 0.436. The molecule has 0 bridgehead atoms. The average molecular weight is 421 g/mol. The molecule has 0 aliphatic heterocycles. The van der Waals surface area contributed by atoms with Crippen LogP contribution >= 0.6 is 11.6 Å². The molecule has 2 atom stereocenters. The van der Waals surface area contributed by atoms with E-state index in [1.54, 1.807) is 13.8 Å². The fraction of sp³-hybridized carbons (Fsp3) is 0.529. The highest BCUT2D eigenvalue weighted by Gasteiger charge is 2.31. The molecular weight excluding hydrogens is 396 g/mol. The first-order valence-electron chi connectivity index (χ1n) is 8.33. The summed E-state index contributed by atoms with van der Waals surface area (Å²) in [5, 5.41) is 2.93. The summed E-state index contributed by atoms with van der Waals surface area (Å²) in [6.07, 6.45) is -1.07. The lowest BCUT2D eigenvalue weighted by Crippen LogP contribution is -2.47. The Hall–Kier alpha value is -1.68. The Bertz CT molecular complexity index is 736. The van der Waals surface area contributed by atoms with Crippen LogP contribution in [0.5, 0.6) is 0 Å². The third-order valence-electron chi connectivity index (χ3n) is 3.59. The number of halogens is 1. The van der Waals surface area contributed by atoms with Crippen LogP contribution in [-0.4, -0.2) is 52.7 Å². The molecule has 1 rings (SSSR count). The highest BCUT2D eigenvalue weighted by atomic mass is 35.5.